The van der Waals surface area contributed by atoms with Gasteiger partial charge in [-0.15, -0.1) is 0 Å². The largest absolute Gasteiger partial charge is 0.454 e. The summed E-state index contributed by atoms with van der Waals surface area (Å²) < 4.78 is 16.8. The molecule has 0 saturated carbocycles. The lowest BCUT2D eigenvalue weighted by Gasteiger charge is -2.35. The van der Waals surface area contributed by atoms with Gasteiger partial charge in [0.25, 0.3) is 5.91 Å². The molecule has 30 heavy (non-hydrogen) atoms. The fourth-order valence-corrected chi connectivity index (χ4v) is 3.97. The molecule has 160 valence electrons. The third kappa shape index (κ3) is 5.12. The molecule has 0 N–H and O–H groups in total. The number of benzene rings is 2. The van der Waals surface area contributed by atoms with Crippen molar-refractivity contribution in [3.63, 3.8) is 0 Å². The van der Waals surface area contributed by atoms with E-state index >= 15 is 0 Å². The molecule has 1 saturated heterocycles. The van der Waals surface area contributed by atoms with Crippen LogP contribution in [0.25, 0.3) is 0 Å². The second kappa shape index (κ2) is 9.49. The lowest BCUT2D eigenvalue weighted by atomic mass is 10.1. The van der Waals surface area contributed by atoms with E-state index < -0.39 is 6.10 Å². The van der Waals surface area contributed by atoms with E-state index in [4.69, 9.17) is 14.2 Å². The number of fused-ring (bicyclic) bond motifs is 1. The van der Waals surface area contributed by atoms with Crippen LogP contribution in [0.5, 0.6) is 11.5 Å². The van der Waals surface area contributed by atoms with Gasteiger partial charge in [0, 0.05) is 32.7 Å². The Bertz CT molecular complexity index is 856. The highest BCUT2D eigenvalue weighted by atomic mass is 16.7. The SMILES string of the molecule is CC(C)CN(Cc1ccc2c(c1)OCO2)C(=O)C1CN(Cc2ccccc2)CCO1. The van der Waals surface area contributed by atoms with Crippen LogP contribution in [-0.4, -0.2) is 54.8 Å². The summed E-state index contributed by atoms with van der Waals surface area (Å²) in [6.07, 6.45) is -0.435. The van der Waals surface area contributed by atoms with Gasteiger partial charge in [-0.2, -0.15) is 0 Å². The van der Waals surface area contributed by atoms with Crippen LogP contribution in [0.1, 0.15) is 25.0 Å². The predicted molar refractivity (Wildman–Crippen MR) is 114 cm³/mol. The Morgan fingerprint density at radius 1 is 1.10 bits per heavy atom. The number of ether oxygens (including phenoxy) is 3. The van der Waals surface area contributed by atoms with E-state index in [0.29, 0.717) is 32.2 Å². The fourth-order valence-electron chi connectivity index (χ4n) is 3.97. The number of nitrogens with zero attached hydrogens (tertiary/aromatic N) is 2. The summed E-state index contributed by atoms with van der Waals surface area (Å²) in [6.45, 7) is 8.59. The van der Waals surface area contributed by atoms with Gasteiger partial charge < -0.3 is 19.1 Å². The van der Waals surface area contributed by atoms with Crippen molar-refractivity contribution in [3.8, 4) is 11.5 Å². The number of rotatable bonds is 7. The van der Waals surface area contributed by atoms with Gasteiger partial charge in [-0.3, -0.25) is 9.69 Å². The van der Waals surface area contributed by atoms with Crippen molar-refractivity contribution >= 4 is 5.91 Å². The molecule has 0 spiro atoms. The Hall–Kier alpha value is -2.57. The van der Waals surface area contributed by atoms with Crippen molar-refractivity contribution in [1.82, 2.24) is 9.80 Å². The Morgan fingerprint density at radius 2 is 1.90 bits per heavy atom. The summed E-state index contributed by atoms with van der Waals surface area (Å²) >= 11 is 0. The summed E-state index contributed by atoms with van der Waals surface area (Å²) in [6, 6.07) is 16.2. The highest BCUT2D eigenvalue weighted by Crippen LogP contribution is 2.33. The van der Waals surface area contributed by atoms with E-state index in [0.717, 1.165) is 30.2 Å². The van der Waals surface area contributed by atoms with E-state index in [1.807, 2.05) is 41.3 Å². The van der Waals surface area contributed by atoms with Crippen molar-refractivity contribution in [3.05, 3.63) is 59.7 Å². The first-order chi connectivity index (χ1) is 14.6. The molecule has 2 heterocycles. The fraction of sp³-hybridized carbons (Fsp3) is 0.458. The predicted octanol–water partition coefficient (Wildman–Crippen LogP) is 3.30. The molecule has 6 heteroatoms. The Morgan fingerprint density at radius 3 is 2.70 bits per heavy atom. The Kier molecular flexibility index (Phi) is 6.55. The summed E-state index contributed by atoms with van der Waals surface area (Å²) in [4.78, 5) is 17.6. The highest BCUT2D eigenvalue weighted by molar-refractivity contribution is 5.81. The zero-order chi connectivity index (χ0) is 20.9. The molecule has 1 unspecified atom stereocenters. The van der Waals surface area contributed by atoms with Crippen LogP contribution in [0, 0.1) is 5.92 Å². The molecule has 0 bridgehead atoms. The van der Waals surface area contributed by atoms with E-state index in [1.54, 1.807) is 0 Å². The van der Waals surface area contributed by atoms with Crippen molar-refractivity contribution in [2.45, 2.75) is 33.0 Å². The highest BCUT2D eigenvalue weighted by Gasteiger charge is 2.31. The minimum absolute atomic E-state index is 0.0547. The van der Waals surface area contributed by atoms with Crippen LogP contribution in [0.3, 0.4) is 0 Å². The number of carbonyl (C=O) groups excluding carboxylic acids is 1. The van der Waals surface area contributed by atoms with Crippen LogP contribution in [0.2, 0.25) is 0 Å². The van der Waals surface area contributed by atoms with Crippen molar-refractivity contribution in [2.24, 2.45) is 5.92 Å². The van der Waals surface area contributed by atoms with Crippen LogP contribution in [0.15, 0.2) is 48.5 Å². The van der Waals surface area contributed by atoms with Gasteiger partial charge in [0.1, 0.15) is 6.10 Å². The van der Waals surface area contributed by atoms with Crippen LogP contribution in [-0.2, 0) is 22.6 Å². The molecule has 2 aromatic rings. The second-order valence-electron chi connectivity index (χ2n) is 8.38. The standard InChI is InChI=1S/C24H30N2O4/c1-18(2)13-26(15-20-8-9-21-22(12-20)30-17-29-21)24(27)23-16-25(10-11-28-23)14-19-6-4-3-5-7-19/h3-9,12,18,23H,10-11,13-17H2,1-2H3. The molecule has 6 nitrogen and oxygen atoms in total. The zero-order valence-electron chi connectivity index (χ0n) is 17.8. The maximum Gasteiger partial charge on any atom is 0.253 e. The molecule has 0 radical (unpaired) electrons. The molecular formula is C24H30N2O4. The number of morpholine rings is 1. The van der Waals surface area contributed by atoms with Gasteiger partial charge in [0.15, 0.2) is 11.5 Å². The van der Waals surface area contributed by atoms with Crippen LogP contribution in [0.4, 0.5) is 0 Å². The zero-order valence-corrected chi connectivity index (χ0v) is 17.8. The van der Waals surface area contributed by atoms with Crippen LogP contribution < -0.4 is 9.47 Å². The average Bonchev–Trinajstić information content (AvgIpc) is 3.21. The number of carbonyl (C=O) groups is 1. The van der Waals surface area contributed by atoms with Crippen LogP contribution >= 0.6 is 0 Å². The molecule has 0 aromatic heterocycles. The van der Waals surface area contributed by atoms with Gasteiger partial charge >= 0.3 is 0 Å². The van der Waals surface area contributed by atoms with Crippen molar-refractivity contribution in [2.75, 3.05) is 33.0 Å². The van der Waals surface area contributed by atoms with E-state index in [2.05, 4.69) is 30.9 Å². The number of hydrogen-bond acceptors (Lipinski definition) is 5. The quantitative estimate of drug-likeness (QED) is 0.701. The summed E-state index contributed by atoms with van der Waals surface area (Å²) in [5.74, 6) is 1.92. The maximum absolute atomic E-state index is 13.4. The van der Waals surface area contributed by atoms with E-state index in [-0.39, 0.29) is 12.7 Å². The molecule has 2 aliphatic rings. The minimum Gasteiger partial charge on any atom is -0.454 e. The molecule has 2 aliphatic heterocycles. The lowest BCUT2D eigenvalue weighted by Crippen LogP contribution is -2.51. The third-order valence-electron chi connectivity index (χ3n) is 5.38. The van der Waals surface area contributed by atoms with E-state index in [1.165, 1.54) is 5.56 Å². The molecule has 2 aromatic carbocycles. The molecule has 0 aliphatic carbocycles. The molecular weight excluding hydrogens is 380 g/mol. The lowest BCUT2D eigenvalue weighted by molar-refractivity contribution is -0.151. The van der Waals surface area contributed by atoms with Crippen molar-refractivity contribution in [1.29, 1.82) is 0 Å². The molecule has 1 amide bonds. The monoisotopic (exact) mass is 410 g/mol. The van der Waals surface area contributed by atoms with Gasteiger partial charge in [-0.1, -0.05) is 50.2 Å². The first-order valence-electron chi connectivity index (χ1n) is 10.6. The molecule has 1 fully saturated rings. The average molecular weight is 411 g/mol. The summed E-state index contributed by atoms with van der Waals surface area (Å²) in [5, 5.41) is 0. The topological polar surface area (TPSA) is 51.2 Å². The normalized spacial score (nSPS) is 18.6. The third-order valence-corrected chi connectivity index (χ3v) is 5.38. The van der Waals surface area contributed by atoms with Gasteiger partial charge in [-0.25, -0.2) is 0 Å². The maximum atomic E-state index is 13.4. The summed E-state index contributed by atoms with van der Waals surface area (Å²) in [5.41, 5.74) is 2.29. The van der Waals surface area contributed by atoms with Gasteiger partial charge in [-0.05, 0) is 29.2 Å². The summed E-state index contributed by atoms with van der Waals surface area (Å²) in [7, 11) is 0. The molecule has 1 atom stereocenters. The van der Waals surface area contributed by atoms with E-state index in [9.17, 15) is 4.79 Å². The smallest absolute Gasteiger partial charge is 0.253 e. The Labute approximate surface area is 178 Å². The number of hydrogen-bond donors (Lipinski definition) is 0. The minimum atomic E-state index is -0.435. The second-order valence-corrected chi connectivity index (χ2v) is 8.38. The van der Waals surface area contributed by atoms with Crippen molar-refractivity contribution < 1.29 is 19.0 Å². The van der Waals surface area contributed by atoms with Gasteiger partial charge in [0.2, 0.25) is 6.79 Å². The first kappa shape index (κ1) is 20.7. The Balaban J connectivity index is 1.43. The number of amides is 1. The first-order valence-corrected chi connectivity index (χ1v) is 10.6. The molecule has 4 rings (SSSR count). The van der Waals surface area contributed by atoms with Gasteiger partial charge in [0.05, 0.1) is 6.61 Å².